The number of amides is 2. The summed E-state index contributed by atoms with van der Waals surface area (Å²) in [5, 5.41) is 2.82. The van der Waals surface area contributed by atoms with Gasteiger partial charge in [0.1, 0.15) is 12.4 Å². The highest BCUT2D eigenvalue weighted by atomic mass is 19.1. The number of nitrogens with zero attached hydrogens (tertiary/aromatic N) is 1. The smallest absolute Gasteiger partial charge is 0.338 e. The van der Waals surface area contributed by atoms with E-state index in [1.54, 1.807) is 24.0 Å². The lowest BCUT2D eigenvalue weighted by Gasteiger charge is -2.35. The van der Waals surface area contributed by atoms with Crippen molar-refractivity contribution in [3.05, 3.63) is 46.9 Å². The molecule has 1 atom stereocenters. The Balaban J connectivity index is 2.39. The number of halogens is 1. The van der Waals surface area contributed by atoms with Crippen LogP contribution in [0.25, 0.3) is 0 Å². The summed E-state index contributed by atoms with van der Waals surface area (Å²) in [4.78, 5) is 26.9. The van der Waals surface area contributed by atoms with E-state index >= 15 is 0 Å². The van der Waals surface area contributed by atoms with Gasteiger partial charge in [-0.25, -0.2) is 14.0 Å². The Kier molecular flexibility index (Phi) is 7.36. The zero-order chi connectivity index (χ0) is 20.0. The average molecular weight is 378 g/mol. The first-order chi connectivity index (χ1) is 12.8. The molecule has 148 valence electrons. The summed E-state index contributed by atoms with van der Waals surface area (Å²) < 4.78 is 23.9. The second-order valence-electron chi connectivity index (χ2n) is 6.90. The number of hydrogen-bond acceptors (Lipinski definition) is 4. The third-order valence-corrected chi connectivity index (χ3v) is 4.45. The van der Waals surface area contributed by atoms with Gasteiger partial charge in [-0.05, 0) is 37.0 Å². The molecular weight excluding hydrogens is 351 g/mol. The van der Waals surface area contributed by atoms with E-state index < -0.39 is 17.8 Å². The molecule has 1 N–H and O–H groups in total. The Morgan fingerprint density at radius 2 is 2.07 bits per heavy atom. The van der Waals surface area contributed by atoms with Crippen molar-refractivity contribution in [1.82, 2.24) is 10.2 Å². The van der Waals surface area contributed by atoms with Crippen LogP contribution in [0.4, 0.5) is 9.18 Å². The van der Waals surface area contributed by atoms with E-state index in [4.69, 9.17) is 9.47 Å². The van der Waals surface area contributed by atoms with Gasteiger partial charge in [0.2, 0.25) is 0 Å². The minimum atomic E-state index is -0.765. The van der Waals surface area contributed by atoms with Crippen molar-refractivity contribution in [3.63, 3.8) is 0 Å². The first-order valence-electron chi connectivity index (χ1n) is 9.05. The molecule has 0 bridgehead atoms. The van der Waals surface area contributed by atoms with Crippen LogP contribution in [0.3, 0.4) is 0 Å². The number of urea groups is 1. The standard InChI is InChI=1S/C20H27FN2O4/c1-13(2)8-9-23-14(3)17(19(24)27-11-10-26-4)18(22-20(23)25)15-6-5-7-16(21)12-15/h5-7,12-13,18H,8-11H2,1-4H3,(H,22,25)/t18-/m1/s1. The van der Waals surface area contributed by atoms with E-state index in [0.29, 0.717) is 29.3 Å². The van der Waals surface area contributed by atoms with Gasteiger partial charge in [-0.15, -0.1) is 0 Å². The number of esters is 1. The third kappa shape index (κ3) is 5.29. The summed E-state index contributed by atoms with van der Waals surface area (Å²) in [5.41, 5.74) is 1.32. The van der Waals surface area contributed by atoms with Crippen LogP contribution in [-0.4, -0.2) is 43.8 Å². The van der Waals surface area contributed by atoms with Crippen molar-refractivity contribution in [1.29, 1.82) is 0 Å². The van der Waals surface area contributed by atoms with Gasteiger partial charge < -0.3 is 14.8 Å². The third-order valence-electron chi connectivity index (χ3n) is 4.45. The molecule has 2 amide bonds. The number of carbonyl (C=O) groups is 2. The average Bonchev–Trinajstić information content (AvgIpc) is 2.60. The predicted molar refractivity (Wildman–Crippen MR) is 99.4 cm³/mol. The highest BCUT2D eigenvalue weighted by Crippen LogP contribution is 2.32. The topological polar surface area (TPSA) is 67.9 Å². The molecule has 1 aliphatic heterocycles. The van der Waals surface area contributed by atoms with Crippen molar-refractivity contribution >= 4 is 12.0 Å². The van der Waals surface area contributed by atoms with Crippen LogP contribution in [0.1, 0.15) is 38.8 Å². The van der Waals surface area contributed by atoms with E-state index in [-0.39, 0.29) is 19.2 Å². The molecule has 27 heavy (non-hydrogen) atoms. The number of methoxy groups -OCH3 is 1. The molecule has 0 saturated heterocycles. The van der Waals surface area contributed by atoms with Crippen LogP contribution in [0.5, 0.6) is 0 Å². The van der Waals surface area contributed by atoms with Gasteiger partial charge in [0.05, 0.1) is 18.2 Å². The molecule has 0 aliphatic carbocycles. The van der Waals surface area contributed by atoms with Gasteiger partial charge in [0.15, 0.2) is 0 Å². The number of benzene rings is 1. The van der Waals surface area contributed by atoms with E-state index in [9.17, 15) is 14.0 Å². The van der Waals surface area contributed by atoms with Crippen LogP contribution >= 0.6 is 0 Å². The Bertz CT molecular complexity index is 718. The Labute approximate surface area is 159 Å². The van der Waals surface area contributed by atoms with Crippen LogP contribution in [0, 0.1) is 11.7 Å². The second kappa shape index (κ2) is 9.50. The Hall–Kier alpha value is -2.41. The molecule has 0 spiro atoms. The maximum absolute atomic E-state index is 13.7. The number of allylic oxidation sites excluding steroid dienone is 1. The van der Waals surface area contributed by atoms with Gasteiger partial charge in [-0.1, -0.05) is 26.0 Å². The normalized spacial score (nSPS) is 17.3. The fourth-order valence-electron chi connectivity index (χ4n) is 2.93. The molecule has 0 aromatic heterocycles. The van der Waals surface area contributed by atoms with Crippen LogP contribution in [0.2, 0.25) is 0 Å². The number of nitrogens with one attached hydrogen (secondary N) is 1. The van der Waals surface area contributed by atoms with Crippen molar-refractivity contribution in [2.75, 3.05) is 26.9 Å². The summed E-state index contributed by atoms with van der Waals surface area (Å²) in [7, 11) is 1.52. The number of ether oxygens (including phenoxy) is 2. The van der Waals surface area contributed by atoms with E-state index in [2.05, 4.69) is 19.2 Å². The van der Waals surface area contributed by atoms with Crippen LogP contribution in [-0.2, 0) is 14.3 Å². The second-order valence-corrected chi connectivity index (χ2v) is 6.90. The fourth-order valence-corrected chi connectivity index (χ4v) is 2.93. The minimum absolute atomic E-state index is 0.0991. The van der Waals surface area contributed by atoms with Crippen molar-refractivity contribution in [2.45, 2.75) is 33.2 Å². The van der Waals surface area contributed by atoms with Gasteiger partial charge in [-0.2, -0.15) is 0 Å². The molecule has 0 fully saturated rings. The minimum Gasteiger partial charge on any atom is -0.460 e. The van der Waals surface area contributed by atoms with E-state index in [1.165, 1.54) is 19.2 Å². The molecule has 2 rings (SSSR count). The molecule has 1 aromatic carbocycles. The predicted octanol–water partition coefficient (Wildman–Crippen LogP) is 3.40. The number of rotatable bonds is 8. The molecule has 1 aliphatic rings. The zero-order valence-electron chi connectivity index (χ0n) is 16.3. The first kappa shape index (κ1) is 20.9. The largest absolute Gasteiger partial charge is 0.460 e. The highest BCUT2D eigenvalue weighted by Gasteiger charge is 2.36. The van der Waals surface area contributed by atoms with Gasteiger partial charge in [0, 0.05) is 19.4 Å². The molecule has 7 heteroatoms. The molecule has 1 heterocycles. The Morgan fingerprint density at radius 1 is 1.33 bits per heavy atom. The zero-order valence-corrected chi connectivity index (χ0v) is 16.3. The van der Waals surface area contributed by atoms with Crippen molar-refractivity contribution in [2.24, 2.45) is 5.92 Å². The molecule has 0 saturated carbocycles. The van der Waals surface area contributed by atoms with Gasteiger partial charge in [0.25, 0.3) is 0 Å². The molecule has 0 unspecified atom stereocenters. The molecule has 6 nitrogen and oxygen atoms in total. The van der Waals surface area contributed by atoms with E-state index in [1.807, 2.05) is 0 Å². The van der Waals surface area contributed by atoms with Crippen LogP contribution in [0.15, 0.2) is 35.5 Å². The maximum atomic E-state index is 13.7. The molecule has 1 aromatic rings. The van der Waals surface area contributed by atoms with Crippen LogP contribution < -0.4 is 5.32 Å². The lowest BCUT2D eigenvalue weighted by atomic mass is 9.94. The molecule has 0 radical (unpaired) electrons. The quantitative estimate of drug-likeness (QED) is 0.556. The maximum Gasteiger partial charge on any atom is 0.338 e. The highest BCUT2D eigenvalue weighted by molar-refractivity contribution is 5.95. The first-order valence-corrected chi connectivity index (χ1v) is 9.05. The monoisotopic (exact) mass is 378 g/mol. The number of carbonyl (C=O) groups excluding carboxylic acids is 2. The fraction of sp³-hybridized carbons (Fsp3) is 0.500. The SMILES string of the molecule is COCCOC(=O)C1=C(C)N(CCC(C)C)C(=O)N[C@@H]1c1cccc(F)c1. The summed E-state index contributed by atoms with van der Waals surface area (Å²) in [6, 6.07) is 4.77. The molecular formula is C20H27FN2O4. The lowest BCUT2D eigenvalue weighted by molar-refractivity contribution is -0.140. The summed E-state index contributed by atoms with van der Waals surface area (Å²) in [5.74, 6) is -0.578. The van der Waals surface area contributed by atoms with Crippen molar-refractivity contribution < 1.29 is 23.5 Å². The lowest BCUT2D eigenvalue weighted by Crippen LogP contribution is -2.48. The summed E-state index contributed by atoms with van der Waals surface area (Å²) in [6.45, 7) is 6.71. The Morgan fingerprint density at radius 3 is 2.70 bits per heavy atom. The van der Waals surface area contributed by atoms with Gasteiger partial charge >= 0.3 is 12.0 Å². The number of hydrogen-bond donors (Lipinski definition) is 1. The van der Waals surface area contributed by atoms with Crippen molar-refractivity contribution in [3.8, 4) is 0 Å². The van der Waals surface area contributed by atoms with Gasteiger partial charge in [-0.3, -0.25) is 4.90 Å². The van der Waals surface area contributed by atoms with E-state index in [0.717, 1.165) is 6.42 Å². The summed E-state index contributed by atoms with van der Waals surface area (Å²) >= 11 is 0. The summed E-state index contributed by atoms with van der Waals surface area (Å²) in [6.07, 6.45) is 0.793.